The van der Waals surface area contributed by atoms with E-state index in [0.29, 0.717) is 23.1 Å². The van der Waals surface area contributed by atoms with Gasteiger partial charge in [0.25, 0.3) is 0 Å². The summed E-state index contributed by atoms with van der Waals surface area (Å²) in [6.07, 6.45) is 0.516. The zero-order valence-corrected chi connectivity index (χ0v) is 11.0. The van der Waals surface area contributed by atoms with Crippen molar-refractivity contribution in [1.29, 1.82) is 0 Å². The summed E-state index contributed by atoms with van der Waals surface area (Å²) in [7, 11) is 0. The number of esters is 1. The lowest BCUT2D eigenvalue weighted by Gasteiger charge is -2.06. The maximum absolute atomic E-state index is 11.5. The number of carbonyl (C=O) groups excluding carboxylic acids is 1. The predicted octanol–water partition coefficient (Wildman–Crippen LogP) is 2.64. The number of rotatable bonds is 5. The number of hydrogen-bond donors (Lipinski definition) is 1. The van der Waals surface area contributed by atoms with E-state index in [-0.39, 0.29) is 12.4 Å². The summed E-state index contributed by atoms with van der Waals surface area (Å²) in [6.45, 7) is 2.07. The van der Waals surface area contributed by atoms with E-state index in [0.717, 1.165) is 5.56 Å². The zero-order valence-electron chi connectivity index (χ0n) is 9.40. The van der Waals surface area contributed by atoms with Crippen molar-refractivity contribution in [3.05, 3.63) is 33.8 Å². The highest BCUT2D eigenvalue weighted by atomic mass is 79.9. The van der Waals surface area contributed by atoms with Gasteiger partial charge < -0.3 is 9.84 Å². The lowest BCUT2D eigenvalue weighted by atomic mass is 10.1. The van der Waals surface area contributed by atoms with Crippen LogP contribution in [0.4, 0.5) is 0 Å². The maximum Gasteiger partial charge on any atom is 0.339 e. The minimum Gasteiger partial charge on any atom is -0.481 e. The first kappa shape index (κ1) is 13.7. The van der Waals surface area contributed by atoms with E-state index in [1.165, 1.54) is 0 Å². The fourth-order valence-electron chi connectivity index (χ4n) is 1.34. The van der Waals surface area contributed by atoms with Crippen molar-refractivity contribution in [2.75, 3.05) is 6.61 Å². The second-order valence-electron chi connectivity index (χ2n) is 3.43. The molecule has 0 fully saturated rings. The van der Waals surface area contributed by atoms with Crippen LogP contribution in [-0.2, 0) is 16.0 Å². The molecule has 0 aliphatic carbocycles. The first-order valence-corrected chi connectivity index (χ1v) is 6.01. The summed E-state index contributed by atoms with van der Waals surface area (Å²) < 4.78 is 5.51. The van der Waals surface area contributed by atoms with Crippen molar-refractivity contribution in [2.24, 2.45) is 0 Å². The number of aliphatic carboxylic acids is 1. The summed E-state index contributed by atoms with van der Waals surface area (Å²) in [4.78, 5) is 21.9. The van der Waals surface area contributed by atoms with Crippen LogP contribution in [0.15, 0.2) is 22.7 Å². The van der Waals surface area contributed by atoms with Crippen LogP contribution in [0.25, 0.3) is 0 Å². The van der Waals surface area contributed by atoms with Gasteiger partial charge in [0.05, 0.1) is 12.2 Å². The Kier molecular flexibility index (Phi) is 5.15. The van der Waals surface area contributed by atoms with Crippen molar-refractivity contribution in [2.45, 2.75) is 19.8 Å². The molecule has 0 amide bonds. The van der Waals surface area contributed by atoms with Crippen molar-refractivity contribution in [1.82, 2.24) is 0 Å². The molecule has 0 aliphatic rings. The second kappa shape index (κ2) is 6.39. The molecule has 17 heavy (non-hydrogen) atoms. The molecular weight excluding hydrogens is 288 g/mol. The fourth-order valence-corrected chi connectivity index (χ4v) is 1.93. The number of hydrogen-bond acceptors (Lipinski definition) is 3. The van der Waals surface area contributed by atoms with Gasteiger partial charge in [0.15, 0.2) is 0 Å². The molecule has 5 heteroatoms. The SMILES string of the molecule is CCOC(=O)c1ccc(CCC(=O)O)cc1Br. The Morgan fingerprint density at radius 2 is 2.12 bits per heavy atom. The molecular formula is C12H13BrO4. The van der Waals surface area contributed by atoms with E-state index in [1.54, 1.807) is 25.1 Å². The van der Waals surface area contributed by atoms with Crippen molar-refractivity contribution in [3.63, 3.8) is 0 Å². The van der Waals surface area contributed by atoms with Gasteiger partial charge in [-0.1, -0.05) is 6.07 Å². The number of ether oxygens (including phenoxy) is 1. The van der Waals surface area contributed by atoms with Gasteiger partial charge in [-0.15, -0.1) is 0 Å². The monoisotopic (exact) mass is 300 g/mol. The van der Waals surface area contributed by atoms with E-state index in [1.807, 2.05) is 0 Å². The van der Waals surface area contributed by atoms with Crippen LogP contribution in [0.1, 0.15) is 29.3 Å². The Morgan fingerprint density at radius 1 is 1.41 bits per heavy atom. The van der Waals surface area contributed by atoms with Gasteiger partial charge in [-0.05, 0) is 47.0 Å². The van der Waals surface area contributed by atoms with Crippen LogP contribution in [0.2, 0.25) is 0 Å². The number of halogens is 1. The molecule has 0 radical (unpaired) electrons. The Labute approximate surface area is 108 Å². The highest BCUT2D eigenvalue weighted by molar-refractivity contribution is 9.10. The van der Waals surface area contributed by atoms with Crippen LogP contribution >= 0.6 is 15.9 Å². The van der Waals surface area contributed by atoms with Crippen molar-refractivity contribution in [3.8, 4) is 0 Å². The second-order valence-corrected chi connectivity index (χ2v) is 4.28. The third-order valence-electron chi connectivity index (χ3n) is 2.16. The van der Waals surface area contributed by atoms with Gasteiger partial charge in [-0.25, -0.2) is 4.79 Å². The Morgan fingerprint density at radius 3 is 2.65 bits per heavy atom. The van der Waals surface area contributed by atoms with Crippen LogP contribution in [0, 0.1) is 0 Å². The van der Waals surface area contributed by atoms with E-state index in [2.05, 4.69) is 15.9 Å². The van der Waals surface area contributed by atoms with Crippen LogP contribution in [0.3, 0.4) is 0 Å². The molecule has 1 N–H and O–H groups in total. The standard InChI is InChI=1S/C12H13BrO4/c1-2-17-12(16)9-5-3-8(7-10(9)13)4-6-11(14)15/h3,5,7H,2,4,6H2,1H3,(H,14,15). The first-order valence-electron chi connectivity index (χ1n) is 5.22. The summed E-state index contributed by atoms with van der Waals surface area (Å²) in [6, 6.07) is 5.12. The maximum atomic E-state index is 11.5. The number of carboxylic acids is 1. The van der Waals surface area contributed by atoms with Crippen molar-refractivity contribution < 1.29 is 19.4 Å². The molecule has 0 saturated carbocycles. The molecule has 92 valence electrons. The normalized spacial score (nSPS) is 10.0. The molecule has 1 rings (SSSR count). The third kappa shape index (κ3) is 4.19. The molecule has 0 unspecified atom stereocenters. The minimum atomic E-state index is -0.837. The number of benzene rings is 1. The fraction of sp³-hybridized carbons (Fsp3) is 0.333. The van der Waals surface area contributed by atoms with Gasteiger partial charge >= 0.3 is 11.9 Å². The summed E-state index contributed by atoms with van der Waals surface area (Å²) in [5, 5.41) is 8.57. The van der Waals surface area contributed by atoms with E-state index >= 15 is 0 Å². The number of aryl methyl sites for hydroxylation is 1. The highest BCUT2D eigenvalue weighted by Gasteiger charge is 2.11. The predicted molar refractivity (Wildman–Crippen MR) is 66.1 cm³/mol. The first-order chi connectivity index (χ1) is 8.04. The Balaban J connectivity index is 2.79. The number of carboxylic acid groups (broad SMARTS) is 1. The smallest absolute Gasteiger partial charge is 0.339 e. The molecule has 4 nitrogen and oxygen atoms in total. The molecule has 1 aromatic carbocycles. The van der Waals surface area contributed by atoms with Gasteiger partial charge in [0, 0.05) is 10.9 Å². The minimum absolute atomic E-state index is 0.0746. The van der Waals surface area contributed by atoms with E-state index < -0.39 is 5.97 Å². The topological polar surface area (TPSA) is 63.6 Å². The average Bonchev–Trinajstić information content (AvgIpc) is 2.26. The molecule has 1 aromatic rings. The van der Waals surface area contributed by atoms with E-state index in [4.69, 9.17) is 9.84 Å². The average molecular weight is 301 g/mol. The quantitative estimate of drug-likeness (QED) is 0.849. The Hall–Kier alpha value is -1.36. The Bertz CT molecular complexity index is 429. The summed E-state index contributed by atoms with van der Waals surface area (Å²) in [5.74, 6) is -1.22. The lowest BCUT2D eigenvalue weighted by Crippen LogP contribution is -2.06. The largest absolute Gasteiger partial charge is 0.481 e. The summed E-state index contributed by atoms with van der Waals surface area (Å²) in [5.41, 5.74) is 1.32. The van der Waals surface area contributed by atoms with Gasteiger partial charge in [0.1, 0.15) is 0 Å². The molecule has 0 spiro atoms. The van der Waals surface area contributed by atoms with Gasteiger partial charge in [0.2, 0.25) is 0 Å². The highest BCUT2D eigenvalue weighted by Crippen LogP contribution is 2.20. The molecule has 0 atom stereocenters. The molecule has 0 aliphatic heterocycles. The molecule has 0 bridgehead atoms. The third-order valence-corrected chi connectivity index (χ3v) is 2.81. The van der Waals surface area contributed by atoms with Crippen LogP contribution in [-0.4, -0.2) is 23.7 Å². The van der Waals surface area contributed by atoms with Gasteiger partial charge in [-0.3, -0.25) is 4.79 Å². The molecule has 0 aromatic heterocycles. The lowest BCUT2D eigenvalue weighted by molar-refractivity contribution is -0.136. The van der Waals surface area contributed by atoms with Gasteiger partial charge in [-0.2, -0.15) is 0 Å². The summed E-state index contributed by atoms with van der Waals surface area (Å²) >= 11 is 3.28. The van der Waals surface area contributed by atoms with Crippen LogP contribution in [0.5, 0.6) is 0 Å². The zero-order chi connectivity index (χ0) is 12.8. The molecule has 0 heterocycles. The van der Waals surface area contributed by atoms with Crippen LogP contribution < -0.4 is 0 Å². The van der Waals surface area contributed by atoms with Crippen molar-refractivity contribution >= 4 is 27.9 Å². The number of carbonyl (C=O) groups is 2. The molecule has 0 saturated heterocycles. The van der Waals surface area contributed by atoms with E-state index in [9.17, 15) is 9.59 Å².